The van der Waals surface area contributed by atoms with Gasteiger partial charge in [-0.25, -0.2) is 9.18 Å². The highest BCUT2D eigenvalue weighted by Crippen LogP contribution is 2.30. The minimum atomic E-state index is -4.56. The van der Waals surface area contributed by atoms with Gasteiger partial charge in [0.15, 0.2) is 0 Å². The highest BCUT2D eigenvalue weighted by Gasteiger charge is 2.30. The van der Waals surface area contributed by atoms with Gasteiger partial charge in [-0.3, -0.25) is 4.79 Å². The Bertz CT molecular complexity index is 1070. The molecule has 0 aliphatic heterocycles. The van der Waals surface area contributed by atoms with Crippen molar-refractivity contribution in [3.63, 3.8) is 0 Å². The average molecular weight is 445 g/mol. The van der Waals surface area contributed by atoms with E-state index in [-0.39, 0.29) is 12.1 Å². The van der Waals surface area contributed by atoms with Crippen LogP contribution in [0.25, 0.3) is 0 Å². The molecule has 0 fully saturated rings. The fourth-order valence-corrected chi connectivity index (χ4v) is 2.92. The monoisotopic (exact) mass is 445 g/mol. The Kier molecular flexibility index (Phi) is 7.09. The van der Waals surface area contributed by atoms with Crippen molar-refractivity contribution in [1.29, 1.82) is 0 Å². The predicted octanol–water partition coefficient (Wildman–Crippen LogP) is 5.22. The second kappa shape index (κ2) is 9.95. The molecule has 5 nitrogen and oxygen atoms in total. The number of amides is 3. The fourth-order valence-electron chi connectivity index (χ4n) is 2.92. The summed E-state index contributed by atoms with van der Waals surface area (Å²) in [6, 6.07) is 16.2. The van der Waals surface area contributed by atoms with E-state index in [0.717, 1.165) is 17.7 Å². The van der Waals surface area contributed by atoms with Gasteiger partial charge >= 0.3 is 12.2 Å². The first-order valence-electron chi connectivity index (χ1n) is 9.56. The van der Waals surface area contributed by atoms with Crippen LogP contribution in [-0.2, 0) is 17.4 Å². The number of carbonyl (C=O) groups is 2. The molecule has 0 aromatic heterocycles. The summed E-state index contributed by atoms with van der Waals surface area (Å²) in [5.74, 6) is -1.04. The van der Waals surface area contributed by atoms with Crippen molar-refractivity contribution in [2.45, 2.75) is 18.6 Å². The van der Waals surface area contributed by atoms with Crippen molar-refractivity contribution < 1.29 is 27.2 Å². The lowest BCUT2D eigenvalue weighted by molar-refractivity contribution is -0.137. The van der Waals surface area contributed by atoms with Gasteiger partial charge in [0.1, 0.15) is 11.9 Å². The molecule has 166 valence electrons. The molecular formula is C23H19F4N3O2. The number of hydrogen-bond donors (Lipinski definition) is 3. The Morgan fingerprint density at radius 2 is 1.50 bits per heavy atom. The van der Waals surface area contributed by atoms with Crippen molar-refractivity contribution >= 4 is 23.3 Å². The summed E-state index contributed by atoms with van der Waals surface area (Å²) in [7, 11) is 0. The number of alkyl halides is 3. The lowest BCUT2D eigenvalue weighted by atomic mass is 10.1. The molecule has 3 aromatic rings. The summed E-state index contributed by atoms with van der Waals surface area (Å²) in [5, 5.41) is 7.39. The van der Waals surface area contributed by atoms with Gasteiger partial charge in [-0.15, -0.1) is 0 Å². The molecule has 1 unspecified atom stereocenters. The minimum absolute atomic E-state index is 0.0743. The zero-order valence-corrected chi connectivity index (χ0v) is 16.6. The van der Waals surface area contributed by atoms with Crippen molar-refractivity contribution in [2.24, 2.45) is 0 Å². The number of benzene rings is 3. The molecule has 0 radical (unpaired) electrons. The van der Waals surface area contributed by atoms with Gasteiger partial charge in [-0.05, 0) is 48.0 Å². The van der Waals surface area contributed by atoms with Crippen LogP contribution in [0.4, 0.5) is 33.7 Å². The second-order valence-electron chi connectivity index (χ2n) is 6.92. The molecule has 0 aliphatic carbocycles. The average Bonchev–Trinajstić information content (AvgIpc) is 2.75. The molecule has 0 saturated carbocycles. The van der Waals surface area contributed by atoms with E-state index in [1.165, 1.54) is 36.4 Å². The molecule has 3 rings (SSSR count). The van der Waals surface area contributed by atoms with Gasteiger partial charge < -0.3 is 16.0 Å². The summed E-state index contributed by atoms with van der Waals surface area (Å²) in [6.45, 7) is 0. The Morgan fingerprint density at radius 3 is 2.16 bits per heavy atom. The van der Waals surface area contributed by atoms with E-state index in [9.17, 15) is 27.2 Å². The highest BCUT2D eigenvalue weighted by atomic mass is 19.4. The standard InChI is InChI=1S/C23H19F4N3O2/c24-17-9-11-18(12-10-17)28-21(31)20(13-15-5-2-1-3-6-15)30-22(32)29-19-8-4-7-16(14-19)23(25,26)27/h1-12,14,20H,13H2,(H,28,31)(H2,29,30,32). The lowest BCUT2D eigenvalue weighted by Crippen LogP contribution is -2.46. The number of halogens is 4. The number of urea groups is 1. The van der Waals surface area contributed by atoms with E-state index < -0.39 is 35.5 Å². The largest absolute Gasteiger partial charge is 0.416 e. The number of rotatable bonds is 6. The number of carbonyl (C=O) groups excluding carboxylic acids is 2. The molecule has 0 saturated heterocycles. The molecule has 0 bridgehead atoms. The Balaban J connectivity index is 1.73. The smallest absolute Gasteiger partial charge is 0.326 e. The van der Waals surface area contributed by atoms with E-state index in [1.807, 2.05) is 0 Å². The molecule has 3 aromatic carbocycles. The molecule has 3 N–H and O–H groups in total. The molecular weight excluding hydrogens is 426 g/mol. The molecule has 0 aliphatic rings. The van der Waals surface area contributed by atoms with Gasteiger partial charge in [0, 0.05) is 17.8 Å². The summed E-state index contributed by atoms with van der Waals surface area (Å²) >= 11 is 0. The van der Waals surface area contributed by atoms with Gasteiger partial charge in [0.05, 0.1) is 5.56 Å². The van der Waals surface area contributed by atoms with Crippen LogP contribution in [0.15, 0.2) is 78.9 Å². The normalized spacial score (nSPS) is 12.0. The van der Waals surface area contributed by atoms with Gasteiger partial charge in [-0.1, -0.05) is 36.4 Å². The van der Waals surface area contributed by atoms with Crippen LogP contribution in [0, 0.1) is 5.82 Å². The number of anilines is 2. The van der Waals surface area contributed by atoms with Crippen LogP contribution in [0.3, 0.4) is 0 Å². The van der Waals surface area contributed by atoms with Crippen LogP contribution in [0.1, 0.15) is 11.1 Å². The summed E-state index contributed by atoms with van der Waals surface area (Å²) < 4.78 is 51.8. The molecule has 9 heteroatoms. The third-order valence-corrected chi connectivity index (χ3v) is 4.46. The third kappa shape index (κ3) is 6.56. The third-order valence-electron chi connectivity index (χ3n) is 4.46. The number of hydrogen-bond acceptors (Lipinski definition) is 2. The first-order chi connectivity index (χ1) is 15.2. The minimum Gasteiger partial charge on any atom is -0.326 e. The topological polar surface area (TPSA) is 70.2 Å². The lowest BCUT2D eigenvalue weighted by Gasteiger charge is -2.19. The van der Waals surface area contributed by atoms with Crippen LogP contribution in [0.5, 0.6) is 0 Å². The van der Waals surface area contributed by atoms with Crippen LogP contribution in [-0.4, -0.2) is 18.0 Å². The quantitative estimate of drug-likeness (QED) is 0.456. The molecule has 3 amide bonds. The van der Waals surface area contributed by atoms with E-state index >= 15 is 0 Å². The van der Waals surface area contributed by atoms with Crippen LogP contribution < -0.4 is 16.0 Å². The Hall–Kier alpha value is -3.88. The SMILES string of the molecule is O=C(Nc1cccc(C(F)(F)F)c1)NC(Cc1ccccc1)C(=O)Nc1ccc(F)cc1. The number of nitrogens with one attached hydrogen (secondary N) is 3. The summed E-state index contributed by atoms with van der Waals surface area (Å²) in [6.07, 6.45) is -4.43. The van der Waals surface area contributed by atoms with E-state index in [0.29, 0.717) is 5.69 Å². The van der Waals surface area contributed by atoms with E-state index in [4.69, 9.17) is 0 Å². The van der Waals surface area contributed by atoms with Crippen molar-refractivity contribution in [3.8, 4) is 0 Å². The molecule has 1 atom stereocenters. The summed E-state index contributed by atoms with van der Waals surface area (Å²) in [5.41, 5.74) is 0.0978. The van der Waals surface area contributed by atoms with Gasteiger partial charge in [0.25, 0.3) is 0 Å². The van der Waals surface area contributed by atoms with Crippen molar-refractivity contribution in [2.75, 3.05) is 10.6 Å². The zero-order chi connectivity index (χ0) is 23.1. The Labute approximate surface area is 181 Å². The van der Waals surface area contributed by atoms with Gasteiger partial charge in [-0.2, -0.15) is 13.2 Å². The zero-order valence-electron chi connectivity index (χ0n) is 16.6. The van der Waals surface area contributed by atoms with E-state index in [2.05, 4.69) is 16.0 Å². The fraction of sp³-hybridized carbons (Fsp3) is 0.130. The first kappa shape index (κ1) is 22.8. The summed E-state index contributed by atoms with van der Waals surface area (Å²) in [4.78, 5) is 25.2. The van der Waals surface area contributed by atoms with Crippen molar-refractivity contribution in [3.05, 3.63) is 95.8 Å². The Morgan fingerprint density at radius 1 is 0.812 bits per heavy atom. The first-order valence-corrected chi connectivity index (χ1v) is 9.56. The highest BCUT2D eigenvalue weighted by molar-refractivity contribution is 5.99. The predicted molar refractivity (Wildman–Crippen MR) is 113 cm³/mol. The second-order valence-corrected chi connectivity index (χ2v) is 6.92. The maximum atomic E-state index is 13.1. The van der Waals surface area contributed by atoms with Crippen LogP contribution in [0.2, 0.25) is 0 Å². The van der Waals surface area contributed by atoms with Crippen LogP contribution >= 0.6 is 0 Å². The molecule has 0 spiro atoms. The molecule has 32 heavy (non-hydrogen) atoms. The molecule has 0 heterocycles. The van der Waals surface area contributed by atoms with Gasteiger partial charge in [0.2, 0.25) is 5.91 Å². The maximum absolute atomic E-state index is 13.1. The van der Waals surface area contributed by atoms with Crippen molar-refractivity contribution in [1.82, 2.24) is 5.32 Å². The van der Waals surface area contributed by atoms with E-state index in [1.54, 1.807) is 30.3 Å². The maximum Gasteiger partial charge on any atom is 0.416 e.